The van der Waals surface area contributed by atoms with Gasteiger partial charge in [0.25, 0.3) is 0 Å². The highest BCUT2D eigenvalue weighted by atomic mass is 15.2. The van der Waals surface area contributed by atoms with Crippen LogP contribution >= 0.6 is 0 Å². The molecule has 4 heteroatoms. The molecule has 3 heterocycles. The number of benzene rings is 8. The lowest BCUT2D eigenvalue weighted by Gasteiger charge is -2.42. The molecule has 1 aromatic heterocycles. The number of fused-ring (bicyclic) bond motifs is 7. The van der Waals surface area contributed by atoms with Crippen LogP contribution in [0.2, 0.25) is 0 Å². The zero-order chi connectivity index (χ0) is 40.3. The van der Waals surface area contributed by atoms with Gasteiger partial charge >= 0.3 is 0 Å². The van der Waals surface area contributed by atoms with E-state index in [0.717, 1.165) is 56.1 Å². The van der Waals surface area contributed by atoms with Gasteiger partial charge in [0.15, 0.2) is 0 Å². The summed E-state index contributed by atoms with van der Waals surface area (Å²) in [5.41, 5.74) is 21.1. The molecular weight excluding hydrogens is 729 g/mol. The van der Waals surface area contributed by atoms with Crippen molar-refractivity contribution in [3.8, 4) is 44.8 Å². The highest BCUT2D eigenvalue weighted by Gasteiger charge is 2.38. The summed E-state index contributed by atoms with van der Waals surface area (Å²) in [4.78, 5) is 14.9. The van der Waals surface area contributed by atoms with E-state index in [0.29, 0.717) is 0 Å². The normalized spacial score (nSPS) is 14.9. The van der Waals surface area contributed by atoms with Gasteiger partial charge in [0.1, 0.15) is 0 Å². The van der Waals surface area contributed by atoms with Crippen molar-refractivity contribution in [2.24, 2.45) is 0 Å². The molecule has 0 bridgehead atoms. The van der Waals surface area contributed by atoms with Crippen LogP contribution in [0.15, 0.2) is 182 Å². The summed E-state index contributed by atoms with van der Waals surface area (Å²) in [6.07, 6.45) is 3.65. The van der Waals surface area contributed by atoms with Crippen LogP contribution < -0.4 is 9.80 Å². The number of hydrogen-bond donors (Lipinski definition) is 0. The molecule has 3 aliphatic rings. The lowest BCUT2D eigenvalue weighted by molar-refractivity contribution is 0.632. The van der Waals surface area contributed by atoms with Crippen molar-refractivity contribution in [2.45, 2.75) is 38.5 Å². The lowest BCUT2D eigenvalue weighted by Crippen LogP contribution is -2.30. The maximum atomic E-state index is 5.03. The molecule has 0 N–H and O–H groups in total. The van der Waals surface area contributed by atoms with Gasteiger partial charge in [0.05, 0.1) is 34.1 Å². The molecular formula is C56H42N4. The van der Waals surface area contributed by atoms with E-state index in [1.165, 1.54) is 55.8 Å². The van der Waals surface area contributed by atoms with Crippen LogP contribution in [0, 0.1) is 0 Å². The molecule has 0 amide bonds. The zero-order valence-electron chi connectivity index (χ0n) is 34.1. The second-order valence-electron chi connectivity index (χ2n) is 17.4. The first kappa shape index (κ1) is 34.7. The molecule has 0 atom stereocenters. The number of hydrogen-bond acceptors (Lipinski definition) is 4. The Bertz CT molecular complexity index is 2900. The molecule has 4 nitrogen and oxygen atoms in total. The number of nitrogens with zero attached hydrogens (tertiary/aromatic N) is 4. The standard InChI is InChI=1S/C56H42N4/c1-55(2)42-13-5-9-17-46(42)59(47-18-10-6-14-43(47)55)38-27-21-35(22-28-38)40-31-25-37-26-32-41(52-50(37)51(40)53-54(52)58-34-33-57-53)36-23-29-39(30-24-36)60-48-19-11-7-15-44(48)56(3,4)45-16-8-12-20-49(45)60/h5-34H,1-4H3. The van der Waals surface area contributed by atoms with Gasteiger partial charge in [0, 0.05) is 51.1 Å². The molecule has 0 radical (unpaired) electrons. The summed E-state index contributed by atoms with van der Waals surface area (Å²) in [6, 6.07) is 62.5. The fraction of sp³-hybridized carbons (Fsp3) is 0.107. The minimum Gasteiger partial charge on any atom is -0.310 e. The topological polar surface area (TPSA) is 32.3 Å². The average Bonchev–Trinajstić information content (AvgIpc) is 3.64. The smallest absolute Gasteiger partial charge is 0.0978 e. The van der Waals surface area contributed by atoms with Crippen LogP contribution in [0.1, 0.15) is 49.9 Å². The third-order valence-corrected chi connectivity index (χ3v) is 13.5. The Morgan fingerprint density at radius 1 is 0.367 bits per heavy atom. The molecule has 60 heavy (non-hydrogen) atoms. The van der Waals surface area contributed by atoms with Gasteiger partial charge in [-0.15, -0.1) is 0 Å². The van der Waals surface area contributed by atoms with Crippen molar-refractivity contribution in [3.05, 3.63) is 205 Å². The molecule has 0 saturated carbocycles. The minimum absolute atomic E-state index is 0.102. The van der Waals surface area contributed by atoms with Gasteiger partial charge in [-0.3, -0.25) is 9.97 Å². The van der Waals surface area contributed by atoms with Gasteiger partial charge in [0.2, 0.25) is 0 Å². The fourth-order valence-corrected chi connectivity index (χ4v) is 10.6. The van der Waals surface area contributed by atoms with E-state index in [1.54, 1.807) is 0 Å². The van der Waals surface area contributed by atoms with Crippen molar-refractivity contribution in [3.63, 3.8) is 0 Å². The van der Waals surface area contributed by atoms with E-state index in [4.69, 9.17) is 9.97 Å². The molecule has 8 aromatic carbocycles. The summed E-state index contributed by atoms with van der Waals surface area (Å²) in [7, 11) is 0. The Labute approximate surface area is 351 Å². The number of para-hydroxylation sites is 4. The molecule has 2 aliphatic heterocycles. The molecule has 0 fully saturated rings. The quantitative estimate of drug-likeness (QED) is 0.178. The SMILES string of the molecule is CC1(C)c2ccccc2N(c2ccc(-c3ccc4ccc(-c5ccc(N6c7ccccc7C(C)(C)c7ccccc76)cc5)c5c4c3-c3nccnc3-5)cc2)c2ccccc21. The van der Waals surface area contributed by atoms with Crippen LogP contribution in [0.3, 0.4) is 0 Å². The third-order valence-electron chi connectivity index (χ3n) is 13.5. The van der Waals surface area contributed by atoms with E-state index in [-0.39, 0.29) is 10.8 Å². The molecule has 12 rings (SSSR count). The van der Waals surface area contributed by atoms with Gasteiger partial charge in [-0.1, -0.05) is 149 Å². The van der Waals surface area contributed by atoms with Crippen LogP contribution in [0.4, 0.5) is 34.1 Å². The fourth-order valence-electron chi connectivity index (χ4n) is 10.6. The van der Waals surface area contributed by atoms with Crippen molar-refractivity contribution < 1.29 is 0 Å². The second-order valence-corrected chi connectivity index (χ2v) is 17.4. The number of anilines is 6. The largest absolute Gasteiger partial charge is 0.310 e. The Balaban J connectivity index is 0.964. The van der Waals surface area contributed by atoms with Gasteiger partial charge < -0.3 is 9.80 Å². The molecule has 286 valence electrons. The molecule has 0 unspecified atom stereocenters. The average molecular weight is 771 g/mol. The van der Waals surface area contributed by atoms with Crippen molar-refractivity contribution in [2.75, 3.05) is 9.80 Å². The Morgan fingerprint density at radius 2 is 0.700 bits per heavy atom. The number of aromatic nitrogens is 2. The lowest BCUT2D eigenvalue weighted by atomic mass is 9.73. The van der Waals surface area contributed by atoms with E-state index in [2.05, 4.69) is 207 Å². The summed E-state index contributed by atoms with van der Waals surface area (Å²) < 4.78 is 0. The van der Waals surface area contributed by atoms with Crippen molar-refractivity contribution in [1.82, 2.24) is 9.97 Å². The van der Waals surface area contributed by atoms with E-state index in [9.17, 15) is 0 Å². The van der Waals surface area contributed by atoms with Gasteiger partial charge in [-0.25, -0.2) is 0 Å². The first-order valence-electron chi connectivity index (χ1n) is 20.9. The summed E-state index contributed by atoms with van der Waals surface area (Å²) >= 11 is 0. The van der Waals surface area contributed by atoms with Crippen LogP contribution in [0.25, 0.3) is 55.5 Å². The van der Waals surface area contributed by atoms with Crippen LogP contribution in [0.5, 0.6) is 0 Å². The predicted molar refractivity (Wildman–Crippen MR) is 248 cm³/mol. The second kappa shape index (κ2) is 12.6. The monoisotopic (exact) mass is 770 g/mol. The first-order valence-corrected chi connectivity index (χ1v) is 20.9. The highest BCUT2D eigenvalue weighted by molar-refractivity contribution is 6.20. The maximum Gasteiger partial charge on any atom is 0.0978 e. The third kappa shape index (κ3) is 4.79. The van der Waals surface area contributed by atoms with Gasteiger partial charge in [-0.2, -0.15) is 0 Å². The predicted octanol–water partition coefficient (Wildman–Crippen LogP) is 14.8. The van der Waals surface area contributed by atoms with E-state index >= 15 is 0 Å². The summed E-state index contributed by atoms with van der Waals surface area (Å²) in [5.74, 6) is 0. The van der Waals surface area contributed by atoms with Crippen LogP contribution in [-0.4, -0.2) is 9.97 Å². The maximum absolute atomic E-state index is 5.03. The first-order chi connectivity index (χ1) is 29.3. The molecule has 1 aliphatic carbocycles. The minimum atomic E-state index is -0.102. The summed E-state index contributed by atoms with van der Waals surface area (Å²) in [6.45, 7) is 9.32. The molecule has 0 saturated heterocycles. The summed E-state index contributed by atoms with van der Waals surface area (Å²) in [5, 5.41) is 2.40. The van der Waals surface area contributed by atoms with Crippen molar-refractivity contribution in [1.29, 1.82) is 0 Å². The van der Waals surface area contributed by atoms with E-state index < -0.39 is 0 Å². The molecule has 0 spiro atoms. The Hall–Kier alpha value is -7.30. The molecule has 9 aromatic rings. The highest BCUT2D eigenvalue weighted by Crippen LogP contribution is 2.56. The van der Waals surface area contributed by atoms with Gasteiger partial charge in [-0.05, 0) is 98.4 Å². The van der Waals surface area contributed by atoms with Crippen molar-refractivity contribution >= 4 is 44.9 Å². The van der Waals surface area contributed by atoms with E-state index in [1.807, 2.05) is 12.4 Å². The Morgan fingerprint density at radius 3 is 1.05 bits per heavy atom. The Kier molecular flexibility index (Phi) is 7.29. The van der Waals surface area contributed by atoms with Crippen LogP contribution in [-0.2, 0) is 10.8 Å². The number of rotatable bonds is 4. The zero-order valence-corrected chi connectivity index (χ0v) is 34.1.